The Kier molecular flexibility index (Phi) is 5.81. The summed E-state index contributed by atoms with van der Waals surface area (Å²) in [5.41, 5.74) is 2.43. The predicted molar refractivity (Wildman–Crippen MR) is 85.6 cm³/mol. The van der Waals surface area contributed by atoms with Crippen molar-refractivity contribution in [2.45, 2.75) is 32.7 Å². The minimum Gasteiger partial charge on any atom is -0.493 e. The molecule has 0 aliphatic rings. The van der Waals surface area contributed by atoms with E-state index < -0.39 is 0 Å². The largest absolute Gasteiger partial charge is 0.493 e. The second-order valence-electron chi connectivity index (χ2n) is 5.10. The normalized spacial score (nSPS) is 12.3. The van der Waals surface area contributed by atoms with Crippen LogP contribution in [0, 0.1) is 0 Å². The molecule has 0 aliphatic heterocycles. The molecular formula is C17H25N3O. The van der Waals surface area contributed by atoms with Gasteiger partial charge in [-0.25, -0.2) is 0 Å². The maximum absolute atomic E-state index is 6.01. The van der Waals surface area contributed by atoms with Gasteiger partial charge in [0.2, 0.25) is 0 Å². The Morgan fingerprint density at radius 1 is 1.24 bits per heavy atom. The average molecular weight is 287 g/mol. The van der Waals surface area contributed by atoms with Crippen LogP contribution in [0.3, 0.4) is 0 Å². The molecule has 4 nitrogen and oxygen atoms in total. The molecule has 0 spiro atoms. The van der Waals surface area contributed by atoms with E-state index >= 15 is 0 Å². The van der Waals surface area contributed by atoms with Gasteiger partial charge in [-0.1, -0.05) is 32.0 Å². The molecule has 4 heteroatoms. The van der Waals surface area contributed by atoms with Crippen LogP contribution in [0.25, 0.3) is 0 Å². The highest BCUT2D eigenvalue weighted by Crippen LogP contribution is 2.27. The molecule has 1 unspecified atom stereocenters. The number of rotatable bonds is 8. The zero-order valence-electron chi connectivity index (χ0n) is 13.2. The minimum absolute atomic E-state index is 0.350. The summed E-state index contributed by atoms with van der Waals surface area (Å²) in [5.74, 6) is 0.979. The quantitative estimate of drug-likeness (QED) is 0.811. The molecule has 0 bridgehead atoms. The second-order valence-corrected chi connectivity index (χ2v) is 5.10. The van der Waals surface area contributed by atoms with Gasteiger partial charge in [-0.3, -0.25) is 4.68 Å². The summed E-state index contributed by atoms with van der Waals surface area (Å²) in [7, 11) is 1.96. The number of nitrogens with one attached hydrogen (secondary N) is 1. The summed E-state index contributed by atoms with van der Waals surface area (Å²) in [6.07, 6.45) is 3.74. The van der Waals surface area contributed by atoms with Crippen molar-refractivity contribution in [1.29, 1.82) is 0 Å². The first-order valence-corrected chi connectivity index (χ1v) is 7.68. The number of ether oxygens (including phenoxy) is 1. The lowest BCUT2D eigenvalue weighted by Crippen LogP contribution is -2.21. The Morgan fingerprint density at radius 3 is 2.71 bits per heavy atom. The second kappa shape index (κ2) is 7.84. The number of hydrogen-bond acceptors (Lipinski definition) is 3. The lowest BCUT2D eigenvalue weighted by molar-refractivity contribution is 0.310. The van der Waals surface area contributed by atoms with E-state index in [9.17, 15) is 0 Å². The molecule has 0 aliphatic carbocycles. The van der Waals surface area contributed by atoms with E-state index in [1.165, 1.54) is 11.3 Å². The van der Waals surface area contributed by atoms with Gasteiger partial charge < -0.3 is 10.1 Å². The van der Waals surface area contributed by atoms with Gasteiger partial charge in [0.05, 0.1) is 6.61 Å². The van der Waals surface area contributed by atoms with E-state index in [0.717, 1.165) is 25.1 Å². The fourth-order valence-electron chi connectivity index (χ4n) is 2.53. The molecule has 21 heavy (non-hydrogen) atoms. The summed E-state index contributed by atoms with van der Waals surface area (Å²) in [4.78, 5) is 0. The van der Waals surface area contributed by atoms with Crippen LogP contribution in [0.15, 0.2) is 36.5 Å². The van der Waals surface area contributed by atoms with Crippen molar-refractivity contribution in [1.82, 2.24) is 15.1 Å². The lowest BCUT2D eigenvalue weighted by atomic mass is 10.0. The van der Waals surface area contributed by atoms with Crippen LogP contribution < -0.4 is 10.1 Å². The smallest absolute Gasteiger partial charge is 0.124 e. The van der Waals surface area contributed by atoms with E-state index in [1.807, 2.05) is 30.1 Å². The molecule has 0 saturated carbocycles. The Balaban J connectivity index is 2.01. The number of benzene rings is 1. The number of nitrogens with zero attached hydrogens (tertiary/aromatic N) is 2. The number of aryl methyl sites for hydroxylation is 1. The number of hydrogen-bond donors (Lipinski definition) is 1. The van der Waals surface area contributed by atoms with Crippen molar-refractivity contribution >= 4 is 0 Å². The lowest BCUT2D eigenvalue weighted by Gasteiger charge is -2.20. The van der Waals surface area contributed by atoms with Crippen LogP contribution in [-0.2, 0) is 13.5 Å². The van der Waals surface area contributed by atoms with Crippen molar-refractivity contribution in [3.05, 3.63) is 47.8 Å². The van der Waals surface area contributed by atoms with E-state index in [0.29, 0.717) is 12.6 Å². The van der Waals surface area contributed by atoms with Crippen LogP contribution in [-0.4, -0.2) is 22.9 Å². The van der Waals surface area contributed by atoms with Gasteiger partial charge in [-0.2, -0.15) is 5.10 Å². The predicted octanol–water partition coefficient (Wildman–Crippen LogP) is 3.10. The summed E-state index contributed by atoms with van der Waals surface area (Å²) < 4.78 is 7.91. The van der Waals surface area contributed by atoms with Gasteiger partial charge in [0, 0.05) is 37.0 Å². The Hall–Kier alpha value is -1.81. The zero-order chi connectivity index (χ0) is 15.1. The van der Waals surface area contributed by atoms with E-state index in [2.05, 4.69) is 42.5 Å². The maximum atomic E-state index is 6.01. The summed E-state index contributed by atoms with van der Waals surface area (Å²) in [6.45, 7) is 5.95. The van der Waals surface area contributed by atoms with E-state index in [1.54, 1.807) is 0 Å². The molecule has 0 fully saturated rings. The van der Waals surface area contributed by atoms with Gasteiger partial charge in [0.15, 0.2) is 0 Å². The van der Waals surface area contributed by atoms with Crippen molar-refractivity contribution in [2.75, 3.05) is 13.2 Å². The Labute approximate surface area is 127 Å². The molecule has 1 atom stereocenters. The van der Waals surface area contributed by atoms with Crippen molar-refractivity contribution < 1.29 is 4.74 Å². The minimum atomic E-state index is 0.350. The van der Waals surface area contributed by atoms with Gasteiger partial charge in [-0.05, 0) is 25.1 Å². The third-order valence-corrected chi connectivity index (χ3v) is 3.69. The fraction of sp³-hybridized carbons (Fsp3) is 0.471. The third-order valence-electron chi connectivity index (χ3n) is 3.69. The first-order valence-electron chi connectivity index (χ1n) is 7.68. The summed E-state index contributed by atoms with van der Waals surface area (Å²) >= 11 is 0. The van der Waals surface area contributed by atoms with E-state index in [4.69, 9.17) is 4.74 Å². The molecular weight excluding hydrogens is 262 g/mol. The third kappa shape index (κ3) is 4.08. The molecule has 0 amide bonds. The van der Waals surface area contributed by atoms with Crippen LogP contribution in [0.4, 0.5) is 0 Å². The zero-order valence-corrected chi connectivity index (χ0v) is 13.2. The number of aromatic nitrogens is 2. The molecule has 0 radical (unpaired) electrons. The van der Waals surface area contributed by atoms with Crippen LogP contribution in [0.5, 0.6) is 5.75 Å². The maximum Gasteiger partial charge on any atom is 0.124 e. The average Bonchev–Trinajstić information content (AvgIpc) is 2.91. The highest BCUT2D eigenvalue weighted by atomic mass is 16.5. The van der Waals surface area contributed by atoms with E-state index in [-0.39, 0.29) is 0 Å². The first kappa shape index (κ1) is 15.6. The molecule has 2 rings (SSSR count). The summed E-state index contributed by atoms with van der Waals surface area (Å²) in [6, 6.07) is 10.7. The van der Waals surface area contributed by atoms with Crippen LogP contribution in [0.1, 0.15) is 37.6 Å². The molecule has 2 aromatic rings. The van der Waals surface area contributed by atoms with Gasteiger partial charge in [0.25, 0.3) is 0 Å². The van der Waals surface area contributed by atoms with Crippen LogP contribution in [0.2, 0.25) is 0 Å². The van der Waals surface area contributed by atoms with Gasteiger partial charge in [0.1, 0.15) is 5.75 Å². The number of para-hydroxylation sites is 1. The van der Waals surface area contributed by atoms with Crippen molar-refractivity contribution in [3.63, 3.8) is 0 Å². The highest BCUT2D eigenvalue weighted by Gasteiger charge is 2.13. The van der Waals surface area contributed by atoms with Crippen molar-refractivity contribution in [3.8, 4) is 5.75 Å². The Bertz CT molecular complexity index is 550. The monoisotopic (exact) mass is 287 g/mol. The first-order chi connectivity index (χ1) is 10.3. The summed E-state index contributed by atoms with van der Waals surface area (Å²) in [5, 5.41) is 7.68. The standard InChI is InChI=1S/C17H25N3O/c1-4-16(18-5-2)15-8-6-7-9-17(15)21-13-11-14-10-12-19-20(14)3/h6-10,12,16,18H,4-5,11,13H2,1-3H3. The Morgan fingerprint density at radius 2 is 2.05 bits per heavy atom. The van der Waals surface area contributed by atoms with Gasteiger partial charge >= 0.3 is 0 Å². The van der Waals surface area contributed by atoms with Gasteiger partial charge in [-0.15, -0.1) is 0 Å². The molecule has 1 heterocycles. The van der Waals surface area contributed by atoms with Crippen LogP contribution >= 0.6 is 0 Å². The van der Waals surface area contributed by atoms with Crippen molar-refractivity contribution in [2.24, 2.45) is 7.05 Å². The molecule has 114 valence electrons. The molecule has 0 saturated heterocycles. The SMILES string of the molecule is CCNC(CC)c1ccccc1OCCc1ccnn1C. The fourth-order valence-corrected chi connectivity index (χ4v) is 2.53. The highest BCUT2D eigenvalue weighted by molar-refractivity contribution is 5.36. The molecule has 1 aromatic heterocycles. The molecule has 1 aromatic carbocycles. The topological polar surface area (TPSA) is 39.1 Å². The molecule has 1 N–H and O–H groups in total.